The van der Waals surface area contributed by atoms with E-state index in [-0.39, 0.29) is 5.54 Å². The van der Waals surface area contributed by atoms with E-state index < -0.39 is 0 Å². The van der Waals surface area contributed by atoms with Crippen LogP contribution in [-0.2, 0) is 6.54 Å². The maximum atomic E-state index is 5.71. The van der Waals surface area contributed by atoms with Gasteiger partial charge in [-0.25, -0.2) is 4.98 Å². The number of hydrogen-bond donors (Lipinski definition) is 0. The van der Waals surface area contributed by atoms with Gasteiger partial charge in [0.05, 0.1) is 0 Å². The van der Waals surface area contributed by atoms with Gasteiger partial charge in [-0.2, -0.15) is 0 Å². The second-order valence-electron chi connectivity index (χ2n) is 4.52. The minimum absolute atomic E-state index is 0.180. The van der Waals surface area contributed by atoms with Crippen LogP contribution in [0.15, 0.2) is 18.3 Å². The van der Waals surface area contributed by atoms with Gasteiger partial charge in [-0.15, -0.1) is 0 Å². The minimum atomic E-state index is 0.180. The summed E-state index contributed by atoms with van der Waals surface area (Å²) in [5.41, 5.74) is 1.37. The smallest absolute Gasteiger partial charge is 0.129 e. The summed E-state index contributed by atoms with van der Waals surface area (Å²) < 4.78 is 0. The van der Waals surface area contributed by atoms with Crippen molar-refractivity contribution in [1.29, 1.82) is 0 Å². The Bertz CT molecular complexity index is 287. The third kappa shape index (κ3) is 3.28. The molecule has 0 unspecified atom stereocenters. The molecule has 0 fully saturated rings. The number of pyridine rings is 1. The van der Waals surface area contributed by atoms with E-state index in [1.807, 2.05) is 18.3 Å². The highest BCUT2D eigenvalue weighted by Crippen LogP contribution is 2.14. The lowest BCUT2D eigenvalue weighted by Crippen LogP contribution is -2.37. The van der Waals surface area contributed by atoms with E-state index >= 15 is 0 Å². The van der Waals surface area contributed by atoms with Crippen LogP contribution in [0.2, 0.25) is 5.15 Å². The molecule has 78 valence electrons. The molecular formula is C11H17ClN2. The molecule has 0 radical (unpaired) electrons. The lowest BCUT2D eigenvalue weighted by atomic mass is 10.1. The molecule has 3 heteroatoms. The van der Waals surface area contributed by atoms with Crippen molar-refractivity contribution in [2.75, 3.05) is 7.05 Å². The van der Waals surface area contributed by atoms with Gasteiger partial charge in [-0.3, -0.25) is 4.90 Å². The molecular weight excluding hydrogens is 196 g/mol. The summed E-state index contributed by atoms with van der Waals surface area (Å²) in [4.78, 5) is 6.33. The SMILES string of the molecule is CN(Cc1ccc(Cl)nc1)C(C)(C)C. The van der Waals surface area contributed by atoms with Gasteiger partial charge in [-0.1, -0.05) is 17.7 Å². The Morgan fingerprint density at radius 2 is 2.00 bits per heavy atom. The van der Waals surface area contributed by atoms with Crippen LogP contribution >= 0.6 is 11.6 Å². The largest absolute Gasteiger partial charge is 0.297 e. The molecule has 2 nitrogen and oxygen atoms in total. The molecule has 1 heterocycles. The zero-order valence-corrected chi connectivity index (χ0v) is 9.97. The van der Waals surface area contributed by atoms with Gasteiger partial charge in [0.1, 0.15) is 5.15 Å². The summed E-state index contributed by atoms with van der Waals surface area (Å²) in [6.45, 7) is 7.47. The first-order chi connectivity index (χ1) is 6.39. The zero-order chi connectivity index (χ0) is 10.8. The number of halogens is 1. The average molecular weight is 213 g/mol. The number of rotatable bonds is 2. The van der Waals surface area contributed by atoms with Crippen molar-refractivity contribution in [3.8, 4) is 0 Å². The predicted octanol–water partition coefficient (Wildman–Crippen LogP) is 2.97. The first-order valence-electron chi connectivity index (χ1n) is 4.71. The van der Waals surface area contributed by atoms with Crippen molar-refractivity contribution < 1.29 is 0 Å². The molecule has 1 aromatic heterocycles. The summed E-state index contributed by atoms with van der Waals surface area (Å²) in [5.74, 6) is 0. The van der Waals surface area contributed by atoms with Gasteiger partial charge in [0.2, 0.25) is 0 Å². The number of aromatic nitrogens is 1. The molecule has 14 heavy (non-hydrogen) atoms. The van der Waals surface area contributed by atoms with Gasteiger partial charge in [-0.05, 0) is 39.4 Å². The Morgan fingerprint density at radius 3 is 2.43 bits per heavy atom. The number of hydrogen-bond acceptors (Lipinski definition) is 2. The maximum absolute atomic E-state index is 5.71. The fourth-order valence-corrected chi connectivity index (χ4v) is 1.12. The van der Waals surface area contributed by atoms with E-state index in [4.69, 9.17) is 11.6 Å². The van der Waals surface area contributed by atoms with Crippen molar-refractivity contribution >= 4 is 11.6 Å². The Morgan fingerprint density at radius 1 is 1.36 bits per heavy atom. The quantitative estimate of drug-likeness (QED) is 0.701. The second-order valence-corrected chi connectivity index (χ2v) is 4.90. The molecule has 0 N–H and O–H groups in total. The summed E-state index contributed by atoms with van der Waals surface area (Å²) >= 11 is 5.71. The summed E-state index contributed by atoms with van der Waals surface area (Å²) in [5, 5.41) is 0.548. The highest BCUT2D eigenvalue weighted by molar-refractivity contribution is 6.29. The lowest BCUT2D eigenvalue weighted by Gasteiger charge is -2.31. The lowest BCUT2D eigenvalue weighted by molar-refractivity contribution is 0.167. The van der Waals surface area contributed by atoms with Crippen LogP contribution in [0.3, 0.4) is 0 Å². The van der Waals surface area contributed by atoms with Gasteiger partial charge in [0, 0.05) is 18.3 Å². The van der Waals surface area contributed by atoms with E-state index in [1.54, 1.807) is 0 Å². The van der Waals surface area contributed by atoms with Gasteiger partial charge >= 0.3 is 0 Å². The van der Waals surface area contributed by atoms with Crippen LogP contribution in [0.25, 0.3) is 0 Å². The monoisotopic (exact) mass is 212 g/mol. The molecule has 0 saturated carbocycles. The molecule has 1 rings (SSSR count). The van der Waals surface area contributed by atoms with E-state index in [9.17, 15) is 0 Å². The normalized spacial score (nSPS) is 12.1. The predicted molar refractivity (Wildman–Crippen MR) is 60.5 cm³/mol. The molecule has 0 amide bonds. The topological polar surface area (TPSA) is 16.1 Å². The van der Waals surface area contributed by atoms with Crippen molar-refractivity contribution in [3.63, 3.8) is 0 Å². The molecule has 0 aliphatic rings. The summed E-state index contributed by atoms with van der Waals surface area (Å²) in [6.07, 6.45) is 1.82. The van der Waals surface area contributed by atoms with Crippen LogP contribution in [0.1, 0.15) is 26.3 Å². The van der Waals surface area contributed by atoms with Gasteiger partial charge in [0.15, 0.2) is 0 Å². The van der Waals surface area contributed by atoms with E-state index in [1.165, 1.54) is 5.56 Å². The Labute approximate surface area is 90.9 Å². The van der Waals surface area contributed by atoms with Crippen molar-refractivity contribution in [2.45, 2.75) is 32.9 Å². The van der Waals surface area contributed by atoms with Crippen LogP contribution < -0.4 is 0 Å². The second kappa shape index (κ2) is 4.28. The third-order valence-corrected chi connectivity index (χ3v) is 2.58. The first kappa shape index (κ1) is 11.5. The van der Waals surface area contributed by atoms with Crippen LogP contribution in [-0.4, -0.2) is 22.5 Å². The minimum Gasteiger partial charge on any atom is -0.297 e. The Balaban J connectivity index is 2.65. The van der Waals surface area contributed by atoms with Gasteiger partial charge in [0.25, 0.3) is 0 Å². The molecule has 1 aromatic rings. The molecule has 0 spiro atoms. The average Bonchev–Trinajstić information content (AvgIpc) is 2.07. The maximum Gasteiger partial charge on any atom is 0.129 e. The van der Waals surface area contributed by atoms with E-state index in [0.717, 1.165) is 6.54 Å². The summed E-state index contributed by atoms with van der Waals surface area (Å²) in [7, 11) is 2.11. The van der Waals surface area contributed by atoms with Crippen molar-refractivity contribution in [2.24, 2.45) is 0 Å². The molecule has 0 bridgehead atoms. The van der Waals surface area contributed by atoms with Gasteiger partial charge < -0.3 is 0 Å². The van der Waals surface area contributed by atoms with E-state index in [0.29, 0.717) is 5.15 Å². The van der Waals surface area contributed by atoms with Crippen molar-refractivity contribution in [3.05, 3.63) is 29.0 Å². The molecule has 0 aliphatic carbocycles. The molecule has 0 atom stereocenters. The molecule has 0 aliphatic heterocycles. The van der Waals surface area contributed by atoms with Crippen LogP contribution in [0, 0.1) is 0 Å². The molecule has 0 saturated heterocycles. The third-order valence-electron chi connectivity index (χ3n) is 2.35. The Kier molecular flexibility index (Phi) is 3.51. The fourth-order valence-electron chi connectivity index (χ4n) is 1.01. The fraction of sp³-hybridized carbons (Fsp3) is 0.545. The zero-order valence-electron chi connectivity index (χ0n) is 9.21. The van der Waals surface area contributed by atoms with E-state index in [2.05, 4.69) is 37.7 Å². The van der Waals surface area contributed by atoms with Crippen LogP contribution in [0.4, 0.5) is 0 Å². The van der Waals surface area contributed by atoms with Crippen LogP contribution in [0.5, 0.6) is 0 Å². The highest BCUT2D eigenvalue weighted by Gasteiger charge is 2.16. The summed E-state index contributed by atoms with van der Waals surface area (Å²) in [6, 6.07) is 3.84. The molecule has 0 aromatic carbocycles. The first-order valence-corrected chi connectivity index (χ1v) is 5.09. The standard InChI is InChI=1S/C11H17ClN2/c1-11(2,3)14(4)8-9-5-6-10(12)13-7-9/h5-7H,8H2,1-4H3. The highest BCUT2D eigenvalue weighted by atomic mass is 35.5. The Hall–Kier alpha value is -0.600. The van der Waals surface area contributed by atoms with Crippen molar-refractivity contribution in [1.82, 2.24) is 9.88 Å². The number of nitrogens with zero attached hydrogens (tertiary/aromatic N) is 2.